The van der Waals surface area contributed by atoms with Crippen LogP contribution in [0.5, 0.6) is 0 Å². The van der Waals surface area contributed by atoms with Crippen LogP contribution in [-0.2, 0) is 9.53 Å². The van der Waals surface area contributed by atoms with Gasteiger partial charge in [0.1, 0.15) is 6.61 Å². The van der Waals surface area contributed by atoms with E-state index in [-0.39, 0.29) is 35.4 Å². The number of hydrogen-bond donors (Lipinski definition) is 3. The molecular formula is C27H25ClN2O5. The van der Waals surface area contributed by atoms with Crippen LogP contribution in [0.3, 0.4) is 0 Å². The van der Waals surface area contributed by atoms with Crippen molar-refractivity contribution in [1.82, 2.24) is 5.32 Å². The first-order chi connectivity index (χ1) is 16.9. The highest BCUT2D eigenvalue weighted by atomic mass is 35.5. The predicted octanol–water partition coefficient (Wildman–Crippen LogP) is 5.68. The molecule has 2 amide bonds. The molecule has 0 fully saturated rings. The summed E-state index contributed by atoms with van der Waals surface area (Å²) in [6, 6.07) is 20.0. The van der Waals surface area contributed by atoms with Crippen LogP contribution in [0.15, 0.2) is 66.7 Å². The summed E-state index contributed by atoms with van der Waals surface area (Å²) >= 11 is 5.87. The zero-order chi connectivity index (χ0) is 24.9. The lowest BCUT2D eigenvalue weighted by atomic mass is 9.98. The SMILES string of the molecule is CCC(CC(=O)Nc1ccc(Cl)c(C(=O)O)c1)NC(=O)OCC1c2ccccc2-c2ccccc21. The smallest absolute Gasteiger partial charge is 0.407 e. The van der Waals surface area contributed by atoms with E-state index in [1.54, 1.807) is 0 Å². The number of carbonyl (C=O) groups is 3. The second-order valence-corrected chi connectivity index (χ2v) is 8.73. The first kappa shape index (κ1) is 24.3. The van der Waals surface area contributed by atoms with Gasteiger partial charge < -0.3 is 20.5 Å². The minimum atomic E-state index is -1.19. The molecular weight excluding hydrogens is 468 g/mol. The quantitative estimate of drug-likeness (QED) is 0.375. The number of carboxylic acid groups (broad SMARTS) is 1. The molecule has 3 aromatic rings. The summed E-state index contributed by atoms with van der Waals surface area (Å²) in [7, 11) is 0. The molecule has 0 saturated heterocycles. The molecule has 180 valence electrons. The summed E-state index contributed by atoms with van der Waals surface area (Å²) in [5.41, 5.74) is 4.75. The third-order valence-electron chi connectivity index (χ3n) is 6.07. The van der Waals surface area contributed by atoms with Gasteiger partial charge in [0, 0.05) is 24.1 Å². The van der Waals surface area contributed by atoms with Crippen LogP contribution >= 0.6 is 11.6 Å². The van der Waals surface area contributed by atoms with E-state index >= 15 is 0 Å². The third kappa shape index (κ3) is 5.46. The van der Waals surface area contributed by atoms with E-state index in [0.29, 0.717) is 12.1 Å². The van der Waals surface area contributed by atoms with Gasteiger partial charge in [-0.25, -0.2) is 9.59 Å². The van der Waals surface area contributed by atoms with Crippen molar-refractivity contribution >= 4 is 35.3 Å². The molecule has 1 aliphatic rings. The second-order valence-electron chi connectivity index (χ2n) is 8.33. The minimum absolute atomic E-state index is 0.00568. The van der Waals surface area contributed by atoms with Gasteiger partial charge >= 0.3 is 12.1 Å². The van der Waals surface area contributed by atoms with Crippen molar-refractivity contribution in [1.29, 1.82) is 0 Å². The Morgan fingerprint density at radius 1 is 1.00 bits per heavy atom. The minimum Gasteiger partial charge on any atom is -0.478 e. The number of amides is 2. The molecule has 3 aromatic carbocycles. The highest BCUT2D eigenvalue weighted by Gasteiger charge is 2.29. The molecule has 0 spiro atoms. The third-order valence-corrected chi connectivity index (χ3v) is 6.40. The van der Waals surface area contributed by atoms with Gasteiger partial charge in [-0.05, 0) is 46.9 Å². The van der Waals surface area contributed by atoms with Crippen LogP contribution in [0.2, 0.25) is 5.02 Å². The van der Waals surface area contributed by atoms with Crippen molar-refractivity contribution in [2.75, 3.05) is 11.9 Å². The molecule has 0 aromatic heterocycles. The average molecular weight is 493 g/mol. The molecule has 0 bridgehead atoms. The number of anilines is 1. The molecule has 0 heterocycles. The van der Waals surface area contributed by atoms with Crippen molar-refractivity contribution < 1.29 is 24.2 Å². The molecule has 3 N–H and O–H groups in total. The normalized spacial score (nSPS) is 12.9. The summed E-state index contributed by atoms with van der Waals surface area (Å²) < 4.78 is 5.57. The summed E-state index contributed by atoms with van der Waals surface area (Å²) in [6.45, 7) is 2.04. The van der Waals surface area contributed by atoms with Gasteiger partial charge in [0.15, 0.2) is 0 Å². The Labute approximate surface area is 208 Å². The maximum absolute atomic E-state index is 12.5. The first-order valence-corrected chi connectivity index (χ1v) is 11.7. The fourth-order valence-corrected chi connectivity index (χ4v) is 4.51. The van der Waals surface area contributed by atoms with E-state index in [9.17, 15) is 19.5 Å². The Bertz CT molecular complexity index is 1230. The fourth-order valence-electron chi connectivity index (χ4n) is 4.31. The van der Waals surface area contributed by atoms with Gasteiger partial charge in [-0.2, -0.15) is 0 Å². The van der Waals surface area contributed by atoms with Crippen LogP contribution in [0.25, 0.3) is 11.1 Å². The Morgan fingerprint density at radius 3 is 2.23 bits per heavy atom. The van der Waals surface area contributed by atoms with E-state index in [1.807, 2.05) is 43.3 Å². The Balaban J connectivity index is 1.34. The number of hydrogen-bond acceptors (Lipinski definition) is 4. The monoisotopic (exact) mass is 492 g/mol. The van der Waals surface area contributed by atoms with E-state index < -0.39 is 18.1 Å². The van der Waals surface area contributed by atoms with E-state index in [1.165, 1.54) is 18.2 Å². The highest BCUT2D eigenvalue weighted by molar-refractivity contribution is 6.33. The van der Waals surface area contributed by atoms with Crippen LogP contribution in [0.1, 0.15) is 47.2 Å². The molecule has 7 nitrogen and oxygen atoms in total. The number of aromatic carboxylic acids is 1. The van der Waals surface area contributed by atoms with E-state index in [4.69, 9.17) is 16.3 Å². The number of benzene rings is 3. The first-order valence-electron chi connectivity index (χ1n) is 11.3. The van der Waals surface area contributed by atoms with E-state index in [0.717, 1.165) is 22.3 Å². The number of fused-ring (bicyclic) bond motifs is 3. The molecule has 1 aliphatic carbocycles. The maximum Gasteiger partial charge on any atom is 0.407 e. The molecule has 0 aliphatic heterocycles. The molecule has 4 rings (SSSR count). The van der Waals surface area contributed by atoms with Gasteiger partial charge in [-0.1, -0.05) is 67.1 Å². The van der Waals surface area contributed by atoms with Crippen molar-refractivity contribution in [2.24, 2.45) is 0 Å². The summed E-state index contributed by atoms with van der Waals surface area (Å²) in [5, 5.41) is 14.7. The largest absolute Gasteiger partial charge is 0.478 e. The molecule has 1 unspecified atom stereocenters. The van der Waals surface area contributed by atoms with Crippen LogP contribution in [0.4, 0.5) is 10.5 Å². The van der Waals surface area contributed by atoms with Gasteiger partial charge in [-0.15, -0.1) is 0 Å². The van der Waals surface area contributed by atoms with Crippen LogP contribution < -0.4 is 10.6 Å². The number of nitrogens with one attached hydrogen (secondary N) is 2. The number of carbonyl (C=O) groups excluding carboxylic acids is 2. The average Bonchev–Trinajstić information content (AvgIpc) is 3.17. The van der Waals surface area contributed by atoms with Gasteiger partial charge in [0.05, 0.1) is 10.6 Å². The standard InChI is InChI=1S/C27H25ClN2O5/c1-2-16(14-25(31)29-17-11-12-24(28)22(13-17)26(32)33)30-27(34)35-15-23-20-9-5-3-7-18(20)19-8-4-6-10-21(19)23/h3-13,16,23H,2,14-15H2,1H3,(H,29,31)(H,30,34)(H,32,33). The fraction of sp³-hybridized carbons (Fsp3) is 0.222. The van der Waals surface area contributed by atoms with E-state index in [2.05, 4.69) is 22.8 Å². The van der Waals surface area contributed by atoms with Gasteiger partial charge in [-0.3, -0.25) is 4.79 Å². The Morgan fingerprint density at radius 2 is 1.63 bits per heavy atom. The van der Waals surface area contributed by atoms with Crippen molar-refractivity contribution in [3.8, 4) is 11.1 Å². The lowest BCUT2D eigenvalue weighted by Crippen LogP contribution is -2.38. The summed E-state index contributed by atoms with van der Waals surface area (Å²) in [4.78, 5) is 36.3. The number of ether oxygens (including phenoxy) is 1. The summed E-state index contributed by atoms with van der Waals surface area (Å²) in [6.07, 6.45) is -0.0733. The second kappa shape index (κ2) is 10.6. The highest BCUT2D eigenvalue weighted by Crippen LogP contribution is 2.44. The van der Waals surface area contributed by atoms with Crippen molar-refractivity contribution in [3.63, 3.8) is 0 Å². The van der Waals surface area contributed by atoms with Gasteiger partial charge in [0.25, 0.3) is 0 Å². The molecule has 0 radical (unpaired) electrons. The zero-order valence-corrected chi connectivity index (χ0v) is 19.8. The lowest BCUT2D eigenvalue weighted by Gasteiger charge is -2.19. The molecule has 1 atom stereocenters. The number of rotatable bonds is 8. The summed E-state index contributed by atoms with van der Waals surface area (Å²) in [5.74, 6) is -1.60. The van der Waals surface area contributed by atoms with Crippen LogP contribution in [-0.4, -0.2) is 35.7 Å². The topological polar surface area (TPSA) is 105 Å². The predicted molar refractivity (Wildman–Crippen MR) is 134 cm³/mol. The Hall–Kier alpha value is -3.84. The van der Waals surface area contributed by atoms with Crippen molar-refractivity contribution in [2.45, 2.75) is 31.7 Å². The molecule has 8 heteroatoms. The molecule has 0 saturated carbocycles. The number of alkyl carbamates (subject to hydrolysis) is 1. The Kier molecular flexibility index (Phi) is 7.36. The maximum atomic E-state index is 12.5. The van der Waals surface area contributed by atoms with Crippen LogP contribution in [0, 0.1) is 0 Å². The zero-order valence-electron chi connectivity index (χ0n) is 19.1. The molecule has 35 heavy (non-hydrogen) atoms. The van der Waals surface area contributed by atoms with Crippen molar-refractivity contribution in [3.05, 3.63) is 88.4 Å². The number of carboxylic acids is 1. The number of halogens is 1. The lowest BCUT2D eigenvalue weighted by molar-refractivity contribution is -0.116. The van der Waals surface area contributed by atoms with Gasteiger partial charge in [0.2, 0.25) is 5.91 Å².